The van der Waals surface area contributed by atoms with Crippen molar-refractivity contribution in [2.75, 3.05) is 0 Å². The van der Waals surface area contributed by atoms with E-state index in [1.54, 1.807) is 20.0 Å². The molecule has 20 heavy (non-hydrogen) atoms. The van der Waals surface area contributed by atoms with Gasteiger partial charge >= 0.3 is 0 Å². The molecule has 0 aliphatic carbocycles. The molecule has 3 aromatic rings. The van der Waals surface area contributed by atoms with Gasteiger partial charge in [0.15, 0.2) is 12.0 Å². The zero-order valence-electron chi connectivity index (χ0n) is 11.2. The third-order valence-electron chi connectivity index (χ3n) is 3.12. The number of benzene rings is 1. The third kappa shape index (κ3) is 2.01. The summed E-state index contributed by atoms with van der Waals surface area (Å²) in [6, 6.07) is 9.71. The fourth-order valence-corrected chi connectivity index (χ4v) is 1.89. The Morgan fingerprint density at radius 3 is 2.85 bits per heavy atom. The summed E-state index contributed by atoms with van der Waals surface area (Å²) in [5, 5.41) is 9.17. The summed E-state index contributed by atoms with van der Waals surface area (Å²) in [4.78, 5) is 12.8. The molecule has 2 aromatic heterocycles. The largest absolute Gasteiger partial charge is 0.443 e. The van der Waals surface area contributed by atoms with Gasteiger partial charge in [0, 0.05) is 11.8 Å². The molecule has 0 atom stereocenters. The molecule has 1 aromatic carbocycles. The van der Waals surface area contributed by atoms with Crippen LogP contribution in [0.15, 0.2) is 41.3 Å². The molecule has 0 N–H and O–H groups in total. The lowest BCUT2D eigenvalue weighted by molar-refractivity contribution is 0.602. The fraction of sp³-hybridized carbons (Fsp3) is 0.200. The van der Waals surface area contributed by atoms with Crippen molar-refractivity contribution in [1.82, 2.24) is 15.0 Å². The minimum absolute atomic E-state index is 0.509. The molecule has 0 unspecified atom stereocenters. The Morgan fingerprint density at radius 1 is 1.20 bits per heavy atom. The van der Waals surface area contributed by atoms with Crippen LogP contribution in [0.1, 0.15) is 19.7 Å². The molecule has 2 heterocycles. The molecule has 0 bridgehead atoms. The average molecular weight is 264 g/mol. The first kappa shape index (κ1) is 12.3. The molecule has 5 nitrogen and oxygen atoms in total. The van der Waals surface area contributed by atoms with Crippen molar-refractivity contribution in [3.63, 3.8) is 0 Å². The highest BCUT2D eigenvalue weighted by Gasteiger charge is 2.23. The average Bonchev–Trinajstić information content (AvgIpc) is 2.94. The monoisotopic (exact) mass is 264 g/mol. The second kappa shape index (κ2) is 4.42. The van der Waals surface area contributed by atoms with Crippen LogP contribution in [0.4, 0.5) is 0 Å². The lowest BCUT2D eigenvalue weighted by Gasteiger charge is -2.13. The van der Waals surface area contributed by atoms with Gasteiger partial charge in [-0.25, -0.2) is 15.0 Å². The number of rotatable bonds is 2. The van der Waals surface area contributed by atoms with Gasteiger partial charge in [0.05, 0.1) is 11.8 Å². The van der Waals surface area contributed by atoms with E-state index in [0.717, 1.165) is 16.8 Å². The Hall–Kier alpha value is -2.74. The smallest absolute Gasteiger partial charge is 0.181 e. The molecular weight excluding hydrogens is 252 g/mol. The van der Waals surface area contributed by atoms with Crippen molar-refractivity contribution in [2.24, 2.45) is 0 Å². The van der Waals surface area contributed by atoms with E-state index < -0.39 is 5.41 Å². The number of hydrogen-bond acceptors (Lipinski definition) is 5. The molecule has 5 heteroatoms. The minimum Gasteiger partial charge on any atom is -0.443 e. The Balaban J connectivity index is 2.10. The van der Waals surface area contributed by atoms with Crippen LogP contribution in [0.25, 0.3) is 22.4 Å². The number of fused-ring (bicyclic) bond motifs is 1. The summed E-state index contributed by atoms with van der Waals surface area (Å²) in [5.74, 6) is 0.509. The van der Waals surface area contributed by atoms with E-state index in [-0.39, 0.29) is 0 Å². The van der Waals surface area contributed by atoms with Gasteiger partial charge in [0.1, 0.15) is 16.8 Å². The van der Waals surface area contributed by atoms with Crippen molar-refractivity contribution in [3.8, 4) is 17.3 Å². The van der Waals surface area contributed by atoms with E-state index in [1.807, 2.05) is 24.3 Å². The van der Waals surface area contributed by atoms with Crippen molar-refractivity contribution < 1.29 is 4.42 Å². The quantitative estimate of drug-likeness (QED) is 0.711. The molecule has 0 aliphatic rings. The van der Waals surface area contributed by atoms with Crippen LogP contribution < -0.4 is 0 Å². The van der Waals surface area contributed by atoms with Crippen molar-refractivity contribution in [2.45, 2.75) is 19.3 Å². The molecular formula is C15H12N4O. The molecule has 0 fully saturated rings. The second-order valence-electron chi connectivity index (χ2n) is 5.04. The van der Waals surface area contributed by atoms with Gasteiger partial charge in [-0.1, -0.05) is 6.07 Å². The van der Waals surface area contributed by atoms with E-state index >= 15 is 0 Å². The first-order valence-corrected chi connectivity index (χ1v) is 6.18. The van der Waals surface area contributed by atoms with E-state index in [0.29, 0.717) is 11.4 Å². The van der Waals surface area contributed by atoms with Gasteiger partial charge in [0.2, 0.25) is 0 Å². The van der Waals surface area contributed by atoms with Gasteiger partial charge < -0.3 is 4.42 Å². The normalized spacial score (nSPS) is 11.4. The first-order chi connectivity index (χ1) is 9.60. The zero-order chi connectivity index (χ0) is 14.2. The summed E-state index contributed by atoms with van der Waals surface area (Å²) in [5.41, 5.74) is 2.47. The summed E-state index contributed by atoms with van der Waals surface area (Å²) in [7, 11) is 0. The Bertz CT molecular complexity index is 814. The maximum Gasteiger partial charge on any atom is 0.181 e. The van der Waals surface area contributed by atoms with Crippen molar-refractivity contribution in [1.29, 1.82) is 5.26 Å². The first-order valence-electron chi connectivity index (χ1n) is 6.18. The molecule has 0 saturated carbocycles. The summed E-state index contributed by atoms with van der Waals surface area (Å²) >= 11 is 0. The van der Waals surface area contributed by atoms with E-state index in [2.05, 4.69) is 21.0 Å². The van der Waals surface area contributed by atoms with Gasteiger partial charge in [-0.2, -0.15) is 5.26 Å². The van der Waals surface area contributed by atoms with E-state index in [4.69, 9.17) is 9.68 Å². The van der Waals surface area contributed by atoms with Crippen LogP contribution >= 0.6 is 0 Å². The summed E-state index contributed by atoms with van der Waals surface area (Å²) in [6.45, 7) is 3.59. The lowest BCUT2D eigenvalue weighted by atomic mass is 9.94. The van der Waals surface area contributed by atoms with Gasteiger partial charge in [-0.05, 0) is 32.0 Å². The predicted octanol–water partition coefficient (Wildman–Crippen LogP) is 3.09. The highest BCUT2D eigenvalue weighted by atomic mass is 16.3. The number of nitrogens with zero attached hydrogens (tertiary/aromatic N) is 4. The standard InChI is InChI=1S/C15H12N4O/c1-15(2,8-16)14-17-6-5-11(19-14)10-3-4-12-13(7-10)20-9-18-12/h3-7,9H,1-2H3. The Morgan fingerprint density at radius 2 is 2.05 bits per heavy atom. The predicted molar refractivity (Wildman–Crippen MR) is 73.7 cm³/mol. The second-order valence-corrected chi connectivity index (χ2v) is 5.04. The maximum atomic E-state index is 9.17. The Labute approximate surface area is 115 Å². The maximum absolute atomic E-state index is 9.17. The van der Waals surface area contributed by atoms with Crippen LogP contribution in [0.3, 0.4) is 0 Å². The van der Waals surface area contributed by atoms with Crippen LogP contribution in [0.5, 0.6) is 0 Å². The molecule has 98 valence electrons. The molecule has 0 saturated heterocycles. The SMILES string of the molecule is CC(C)(C#N)c1nccc(-c2ccc3ncoc3c2)n1. The van der Waals surface area contributed by atoms with Crippen LogP contribution in [0, 0.1) is 11.3 Å². The summed E-state index contributed by atoms with van der Waals surface area (Å²) < 4.78 is 5.29. The number of hydrogen-bond donors (Lipinski definition) is 0. The van der Waals surface area contributed by atoms with Crippen molar-refractivity contribution >= 4 is 11.1 Å². The summed E-state index contributed by atoms with van der Waals surface area (Å²) in [6.07, 6.45) is 3.08. The Kier molecular flexibility index (Phi) is 2.72. The fourth-order valence-electron chi connectivity index (χ4n) is 1.89. The van der Waals surface area contributed by atoms with Crippen LogP contribution in [-0.4, -0.2) is 15.0 Å². The molecule has 3 rings (SSSR count). The van der Waals surface area contributed by atoms with Gasteiger partial charge in [-0.15, -0.1) is 0 Å². The molecule has 0 aliphatic heterocycles. The molecule has 0 radical (unpaired) electrons. The lowest BCUT2D eigenvalue weighted by Crippen LogP contribution is -2.18. The number of oxazole rings is 1. The zero-order valence-corrected chi connectivity index (χ0v) is 11.2. The number of aromatic nitrogens is 3. The topological polar surface area (TPSA) is 75.6 Å². The third-order valence-corrected chi connectivity index (χ3v) is 3.12. The highest BCUT2D eigenvalue weighted by molar-refractivity contribution is 5.78. The molecule has 0 spiro atoms. The van der Waals surface area contributed by atoms with Crippen LogP contribution in [0.2, 0.25) is 0 Å². The van der Waals surface area contributed by atoms with Gasteiger partial charge in [0.25, 0.3) is 0 Å². The van der Waals surface area contributed by atoms with Crippen LogP contribution in [-0.2, 0) is 5.41 Å². The van der Waals surface area contributed by atoms with E-state index in [1.165, 1.54) is 6.39 Å². The molecule has 0 amide bonds. The van der Waals surface area contributed by atoms with Crippen molar-refractivity contribution in [3.05, 3.63) is 42.7 Å². The van der Waals surface area contributed by atoms with E-state index in [9.17, 15) is 0 Å². The number of nitriles is 1. The van der Waals surface area contributed by atoms with Gasteiger partial charge in [-0.3, -0.25) is 0 Å². The minimum atomic E-state index is -0.716. The highest BCUT2D eigenvalue weighted by Crippen LogP contribution is 2.24.